The standard InChI is InChI=1S/C28H37ClFN2O2/c1-32(2,19-16-21-12-13-24(30)20-26(21)29)25-14-17-31(18-15-25)27(33)28(34,23-10-6-7-11-23)22-8-4-3-5-9-22/h3-5,8-9,12-13,20,23,25,34H,6-7,10-11,14-19H2,1-2H3/q+1. The average molecular weight is 488 g/mol. The molecule has 184 valence electrons. The van der Waals surface area contributed by atoms with Crippen LogP contribution in [0.25, 0.3) is 0 Å². The molecule has 4 rings (SSSR count). The van der Waals surface area contributed by atoms with Crippen molar-refractivity contribution >= 4 is 17.5 Å². The first-order valence-electron chi connectivity index (χ1n) is 12.6. The van der Waals surface area contributed by atoms with Crippen molar-refractivity contribution in [2.45, 2.75) is 56.6 Å². The summed E-state index contributed by atoms with van der Waals surface area (Å²) >= 11 is 6.23. The number of hydrogen-bond donors (Lipinski definition) is 1. The minimum atomic E-state index is -1.44. The van der Waals surface area contributed by atoms with Crippen LogP contribution < -0.4 is 0 Å². The van der Waals surface area contributed by atoms with E-state index in [0.717, 1.165) is 67.1 Å². The summed E-state index contributed by atoms with van der Waals surface area (Å²) in [7, 11) is 4.44. The number of hydrogen-bond acceptors (Lipinski definition) is 2. The number of amides is 1. The lowest BCUT2D eigenvalue weighted by molar-refractivity contribution is -0.916. The maximum absolute atomic E-state index is 13.8. The zero-order valence-electron chi connectivity index (χ0n) is 20.4. The number of aliphatic hydroxyl groups is 1. The number of likely N-dealkylation sites (tertiary alicyclic amines) is 1. The van der Waals surface area contributed by atoms with E-state index in [1.807, 2.05) is 35.2 Å². The molecule has 1 saturated carbocycles. The number of piperidine rings is 1. The molecule has 1 aliphatic carbocycles. The maximum Gasteiger partial charge on any atom is 0.259 e. The van der Waals surface area contributed by atoms with Crippen molar-refractivity contribution in [3.63, 3.8) is 0 Å². The molecule has 1 heterocycles. The molecule has 4 nitrogen and oxygen atoms in total. The summed E-state index contributed by atoms with van der Waals surface area (Å²) in [4.78, 5) is 15.7. The second-order valence-corrected chi connectivity index (χ2v) is 11.0. The van der Waals surface area contributed by atoms with Gasteiger partial charge in [-0.2, -0.15) is 0 Å². The molecule has 1 unspecified atom stereocenters. The number of likely N-dealkylation sites (N-methyl/N-ethyl adjacent to an activating group) is 1. The first-order valence-corrected chi connectivity index (χ1v) is 12.9. The zero-order chi connectivity index (χ0) is 24.3. The molecule has 1 amide bonds. The van der Waals surface area contributed by atoms with Gasteiger partial charge in [0.05, 0.1) is 26.7 Å². The van der Waals surface area contributed by atoms with E-state index in [9.17, 15) is 14.3 Å². The summed E-state index contributed by atoms with van der Waals surface area (Å²) in [6, 6.07) is 14.5. The number of carbonyl (C=O) groups excluding carboxylic acids is 1. The lowest BCUT2D eigenvalue weighted by Gasteiger charge is -2.45. The summed E-state index contributed by atoms with van der Waals surface area (Å²) in [5, 5.41) is 12.3. The molecule has 6 heteroatoms. The highest BCUT2D eigenvalue weighted by Crippen LogP contribution is 2.42. The van der Waals surface area contributed by atoms with Gasteiger partial charge in [0.15, 0.2) is 5.60 Å². The Balaban J connectivity index is 1.41. The van der Waals surface area contributed by atoms with Gasteiger partial charge in [0.1, 0.15) is 5.82 Å². The van der Waals surface area contributed by atoms with Crippen LogP contribution in [0.2, 0.25) is 5.02 Å². The second-order valence-electron chi connectivity index (χ2n) is 10.6. The van der Waals surface area contributed by atoms with Crippen molar-refractivity contribution in [2.24, 2.45) is 5.92 Å². The van der Waals surface area contributed by atoms with E-state index in [1.54, 1.807) is 6.07 Å². The lowest BCUT2D eigenvalue weighted by atomic mass is 9.78. The number of rotatable bonds is 7. The molecular formula is C28H37ClFN2O2+. The number of benzene rings is 2. The van der Waals surface area contributed by atoms with Gasteiger partial charge in [-0.1, -0.05) is 60.8 Å². The average Bonchev–Trinajstić information content (AvgIpc) is 3.39. The van der Waals surface area contributed by atoms with Gasteiger partial charge in [-0.05, 0) is 36.1 Å². The van der Waals surface area contributed by atoms with E-state index in [0.29, 0.717) is 24.2 Å². The number of quaternary nitrogens is 1. The van der Waals surface area contributed by atoms with Gasteiger partial charge in [-0.15, -0.1) is 0 Å². The SMILES string of the molecule is C[N+](C)(CCc1ccc(F)cc1Cl)C1CCN(C(=O)C(O)(c2ccccc2)C2CCCC2)CC1. The largest absolute Gasteiger partial charge is 0.375 e. The summed E-state index contributed by atoms with van der Waals surface area (Å²) < 4.78 is 14.2. The van der Waals surface area contributed by atoms with Crippen LogP contribution >= 0.6 is 11.6 Å². The molecule has 0 spiro atoms. The van der Waals surface area contributed by atoms with Crippen molar-refractivity contribution in [2.75, 3.05) is 33.7 Å². The summed E-state index contributed by atoms with van der Waals surface area (Å²) in [6.07, 6.45) is 6.49. The van der Waals surface area contributed by atoms with Gasteiger partial charge in [-0.3, -0.25) is 4.79 Å². The Kier molecular flexibility index (Phi) is 7.66. The molecule has 1 aliphatic heterocycles. The Morgan fingerprint density at radius 2 is 1.74 bits per heavy atom. The van der Waals surface area contributed by atoms with Gasteiger partial charge >= 0.3 is 0 Å². The van der Waals surface area contributed by atoms with Gasteiger partial charge in [-0.25, -0.2) is 4.39 Å². The van der Waals surface area contributed by atoms with Crippen LogP contribution in [0.4, 0.5) is 4.39 Å². The van der Waals surface area contributed by atoms with E-state index in [2.05, 4.69) is 14.1 Å². The van der Waals surface area contributed by atoms with Crippen molar-refractivity contribution in [3.8, 4) is 0 Å². The van der Waals surface area contributed by atoms with Crippen molar-refractivity contribution in [1.82, 2.24) is 4.90 Å². The third kappa shape index (κ3) is 5.17. The highest BCUT2D eigenvalue weighted by atomic mass is 35.5. The van der Waals surface area contributed by atoms with Crippen molar-refractivity contribution in [3.05, 3.63) is 70.5 Å². The molecule has 0 aromatic heterocycles. The third-order valence-corrected chi connectivity index (χ3v) is 8.55. The molecule has 2 aliphatic rings. The van der Waals surface area contributed by atoms with Crippen molar-refractivity contribution < 1.29 is 18.8 Å². The predicted molar refractivity (Wildman–Crippen MR) is 134 cm³/mol. The molecule has 1 saturated heterocycles. The Labute approximate surface area is 207 Å². The van der Waals surface area contributed by atoms with Gasteiger partial charge < -0.3 is 14.5 Å². The van der Waals surface area contributed by atoms with Crippen molar-refractivity contribution in [1.29, 1.82) is 0 Å². The fourth-order valence-corrected chi connectivity index (χ4v) is 6.16. The quantitative estimate of drug-likeness (QED) is 0.547. The Hall–Kier alpha value is -1.95. The van der Waals surface area contributed by atoms with E-state index in [-0.39, 0.29) is 17.6 Å². The Bertz CT molecular complexity index is 985. The highest BCUT2D eigenvalue weighted by molar-refractivity contribution is 6.31. The van der Waals surface area contributed by atoms with Crippen LogP contribution in [-0.4, -0.2) is 60.2 Å². The third-order valence-electron chi connectivity index (χ3n) is 8.20. The molecule has 0 bridgehead atoms. The molecule has 34 heavy (non-hydrogen) atoms. The number of halogens is 2. The minimum absolute atomic E-state index is 0.0206. The van der Waals surface area contributed by atoms with Crippen LogP contribution in [0.15, 0.2) is 48.5 Å². The fourth-order valence-electron chi connectivity index (χ4n) is 5.89. The van der Waals surface area contributed by atoms with Crippen LogP contribution in [-0.2, 0) is 16.8 Å². The van der Waals surface area contributed by atoms with Gasteiger partial charge in [0, 0.05) is 43.3 Å². The smallest absolute Gasteiger partial charge is 0.259 e. The normalized spacial score (nSPS) is 19.9. The second kappa shape index (κ2) is 10.3. The lowest BCUT2D eigenvalue weighted by Crippen LogP contribution is -2.58. The fraction of sp³-hybridized carbons (Fsp3) is 0.536. The monoisotopic (exact) mass is 487 g/mol. The zero-order valence-corrected chi connectivity index (χ0v) is 21.1. The molecule has 2 aromatic carbocycles. The molecule has 1 atom stereocenters. The topological polar surface area (TPSA) is 40.5 Å². The van der Waals surface area contributed by atoms with E-state index in [1.165, 1.54) is 12.1 Å². The predicted octanol–water partition coefficient (Wildman–Crippen LogP) is 5.17. The number of carbonyl (C=O) groups is 1. The first kappa shape index (κ1) is 25.2. The first-order chi connectivity index (χ1) is 16.2. The Morgan fingerprint density at radius 1 is 1.09 bits per heavy atom. The summed E-state index contributed by atoms with van der Waals surface area (Å²) in [5.74, 6) is -0.465. The minimum Gasteiger partial charge on any atom is -0.375 e. The maximum atomic E-state index is 13.8. The summed E-state index contributed by atoms with van der Waals surface area (Å²) in [5.41, 5.74) is 0.251. The highest BCUT2D eigenvalue weighted by Gasteiger charge is 2.49. The summed E-state index contributed by atoms with van der Waals surface area (Å²) in [6.45, 7) is 2.20. The Morgan fingerprint density at radius 3 is 2.35 bits per heavy atom. The van der Waals surface area contributed by atoms with Crippen LogP contribution in [0.3, 0.4) is 0 Å². The molecule has 2 fully saturated rings. The van der Waals surface area contributed by atoms with Crippen LogP contribution in [0.1, 0.15) is 49.7 Å². The molecule has 2 aromatic rings. The van der Waals surface area contributed by atoms with E-state index < -0.39 is 5.60 Å². The van der Waals surface area contributed by atoms with E-state index in [4.69, 9.17) is 11.6 Å². The molecule has 0 radical (unpaired) electrons. The van der Waals surface area contributed by atoms with Gasteiger partial charge in [0.25, 0.3) is 5.91 Å². The van der Waals surface area contributed by atoms with Crippen LogP contribution in [0.5, 0.6) is 0 Å². The molecule has 1 N–H and O–H groups in total. The van der Waals surface area contributed by atoms with E-state index >= 15 is 0 Å². The number of nitrogens with zero attached hydrogens (tertiary/aromatic N) is 2. The van der Waals surface area contributed by atoms with Crippen LogP contribution in [0, 0.1) is 11.7 Å². The molecular weight excluding hydrogens is 451 g/mol. The van der Waals surface area contributed by atoms with Gasteiger partial charge in [0.2, 0.25) is 0 Å².